The largest absolute Gasteiger partial charge is 2.00 e. The molecule has 0 radical (unpaired) electrons. The first-order chi connectivity index (χ1) is 13.2. The molecule has 0 unspecified atom stereocenters. The van der Waals surface area contributed by atoms with Crippen molar-refractivity contribution in [3.63, 3.8) is 0 Å². The topological polar surface area (TPSA) is 111 Å². The van der Waals surface area contributed by atoms with Gasteiger partial charge in [0, 0.05) is 18.1 Å². The van der Waals surface area contributed by atoms with E-state index in [1.54, 1.807) is 30.6 Å². The Morgan fingerprint density at radius 3 is 2.24 bits per heavy atom. The number of thiocarbonyl (C=S) groups is 1. The Bertz CT molecular complexity index is 841. The second-order valence-corrected chi connectivity index (χ2v) is 5.55. The van der Waals surface area contributed by atoms with E-state index in [0.29, 0.717) is 16.4 Å². The molecule has 0 spiro atoms. The minimum Gasteiger partial charge on any atom is -0.870 e. The summed E-state index contributed by atoms with van der Waals surface area (Å²) in [4.78, 5) is 3.78. The molecule has 3 rings (SSSR count). The molecule has 0 saturated heterocycles. The number of hydrogen-bond acceptors (Lipinski definition) is 5. The van der Waals surface area contributed by atoms with E-state index in [-0.39, 0.29) is 32.3 Å². The van der Waals surface area contributed by atoms with Crippen molar-refractivity contribution in [2.24, 2.45) is 5.10 Å². The number of ether oxygens (including phenoxy) is 1. The molecule has 9 heteroatoms. The van der Waals surface area contributed by atoms with Crippen LogP contribution in [-0.2, 0) is 21.1 Å². The third-order valence-electron chi connectivity index (χ3n) is 3.25. The molecule has 7 nitrogen and oxygen atoms in total. The van der Waals surface area contributed by atoms with Crippen molar-refractivity contribution in [3.05, 3.63) is 84.7 Å². The number of anilines is 1. The minimum absolute atomic E-state index is 0. The summed E-state index contributed by atoms with van der Waals surface area (Å²) in [7, 11) is 1.53. The van der Waals surface area contributed by atoms with Gasteiger partial charge in [-0.3, -0.25) is 10.4 Å². The van der Waals surface area contributed by atoms with Crippen molar-refractivity contribution in [3.8, 4) is 11.5 Å². The standard InChI is InChI=1S/C15H15N3O2S.C5H5N.H2O.Pt/c1-20-13-9-5-6-11(14(13)19)10-16-18-15(21)17-12-7-3-2-4-8-12;1-2-4-6-5-3-1;;/h2-10,19H,1H3,(H2,17,18,21);1-5H;1H2;/q;;;+2. The number of aromatic nitrogens is 1. The zero-order chi connectivity index (χ0) is 19.3. The summed E-state index contributed by atoms with van der Waals surface area (Å²) in [6.45, 7) is 0. The van der Waals surface area contributed by atoms with Crippen LogP contribution in [0.4, 0.5) is 5.69 Å². The van der Waals surface area contributed by atoms with Gasteiger partial charge in [-0.15, -0.1) is 0 Å². The average molecular weight is 594 g/mol. The number of benzene rings is 2. The SMILES string of the molecule is COc1cccc(C=NNC(=S)Nc2ccccc2)c1[OH2+].[OH-].[Pt+2].c1ccncc1. The van der Waals surface area contributed by atoms with Crippen molar-refractivity contribution in [2.45, 2.75) is 0 Å². The number of hydrogen-bond donors (Lipinski definition) is 2. The van der Waals surface area contributed by atoms with E-state index in [0.717, 1.165) is 5.69 Å². The molecule has 0 aliphatic rings. The maximum absolute atomic E-state index is 7.92. The average Bonchev–Trinajstić information content (AvgIpc) is 2.72. The van der Waals surface area contributed by atoms with Gasteiger partial charge in [-0.05, 0) is 48.6 Å². The quantitative estimate of drug-likeness (QED) is 0.208. The van der Waals surface area contributed by atoms with Crippen LogP contribution in [0.25, 0.3) is 0 Å². The Kier molecular flexibility index (Phi) is 13.7. The van der Waals surface area contributed by atoms with Crippen molar-refractivity contribution >= 4 is 29.2 Å². The van der Waals surface area contributed by atoms with Gasteiger partial charge in [-0.25, -0.2) is 0 Å². The van der Waals surface area contributed by atoms with Crippen LogP contribution in [-0.4, -0.2) is 34.0 Å². The van der Waals surface area contributed by atoms with Crippen LogP contribution in [0.15, 0.2) is 84.2 Å². The first-order valence-corrected chi connectivity index (χ1v) is 8.50. The molecule has 0 bridgehead atoms. The third kappa shape index (κ3) is 9.80. The fourth-order valence-corrected chi connectivity index (χ4v) is 2.15. The maximum Gasteiger partial charge on any atom is 2.00 e. The van der Waals surface area contributed by atoms with Crippen molar-refractivity contribution < 1.29 is 36.4 Å². The normalized spacial score (nSPS) is 9.14. The number of hydrazone groups is 1. The fourth-order valence-electron chi connectivity index (χ4n) is 1.98. The molecule has 5 N–H and O–H groups in total. The van der Waals surface area contributed by atoms with Crippen LogP contribution in [0.5, 0.6) is 11.5 Å². The number of pyridine rings is 1. The summed E-state index contributed by atoms with van der Waals surface area (Å²) in [5.41, 5.74) is 4.24. The number of nitrogens with zero attached hydrogens (tertiary/aromatic N) is 2. The second-order valence-electron chi connectivity index (χ2n) is 5.14. The fraction of sp³-hybridized carbons (Fsp3) is 0.0500. The summed E-state index contributed by atoms with van der Waals surface area (Å²) in [5, 5.41) is 15.3. The van der Waals surface area contributed by atoms with Crippen LogP contribution < -0.4 is 15.5 Å². The zero-order valence-corrected chi connectivity index (χ0v) is 18.6. The molecule has 154 valence electrons. The van der Waals surface area contributed by atoms with Gasteiger partial charge < -0.3 is 20.6 Å². The molecule has 0 aliphatic carbocycles. The number of para-hydroxylation sites is 2. The summed E-state index contributed by atoms with van der Waals surface area (Å²) in [6.07, 6.45) is 5.03. The molecule has 0 fully saturated rings. The summed E-state index contributed by atoms with van der Waals surface area (Å²) >= 11 is 5.13. The molecular weight excluding hydrogens is 571 g/mol. The molecule has 3 aromatic rings. The number of rotatable bonds is 4. The molecule has 0 amide bonds. The van der Waals surface area contributed by atoms with Crippen LogP contribution in [0.3, 0.4) is 0 Å². The van der Waals surface area contributed by atoms with Gasteiger partial charge in [0.05, 0.1) is 18.9 Å². The van der Waals surface area contributed by atoms with E-state index in [9.17, 15) is 0 Å². The van der Waals surface area contributed by atoms with E-state index in [1.165, 1.54) is 13.3 Å². The molecule has 0 saturated carbocycles. The Labute approximate surface area is 189 Å². The van der Waals surface area contributed by atoms with Gasteiger partial charge in [0.25, 0.3) is 0 Å². The monoisotopic (exact) mass is 593 g/mol. The zero-order valence-electron chi connectivity index (χ0n) is 15.6. The molecule has 1 heterocycles. The van der Waals surface area contributed by atoms with E-state index in [1.807, 2.05) is 48.5 Å². The van der Waals surface area contributed by atoms with E-state index >= 15 is 0 Å². The summed E-state index contributed by atoms with van der Waals surface area (Å²) in [6, 6.07) is 20.6. The predicted molar refractivity (Wildman–Crippen MR) is 116 cm³/mol. The first-order valence-electron chi connectivity index (χ1n) is 8.09. The number of methoxy groups -OCH3 is 1. The Hall–Kier alpha value is -2.80. The van der Waals surface area contributed by atoms with E-state index in [2.05, 4.69) is 20.8 Å². The Morgan fingerprint density at radius 1 is 1.03 bits per heavy atom. The van der Waals surface area contributed by atoms with Gasteiger partial charge in [0.1, 0.15) is 0 Å². The Balaban J connectivity index is 0.000000843. The van der Waals surface area contributed by atoms with E-state index < -0.39 is 0 Å². The van der Waals surface area contributed by atoms with Crippen molar-refractivity contribution in [1.29, 1.82) is 0 Å². The maximum atomic E-state index is 7.92. The second kappa shape index (κ2) is 15.2. The van der Waals surface area contributed by atoms with E-state index in [4.69, 9.17) is 22.1 Å². The molecule has 29 heavy (non-hydrogen) atoms. The molecular formula is C20H22N4O3PtS+2. The summed E-state index contributed by atoms with van der Waals surface area (Å²) in [5.74, 6) is 0.788. The van der Waals surface area contributed by atoms with Gasteiger partial charge in [0.2, 0.25) is 5.75 Å². The third-order valence-corrected chi connectivity index (χ3v) is 3.44. The smallest absolute Gasteiger partial charge is 0.870 e. The Morgan fingerprint density at radius 2 is 1.69 bits per heavy atom. The predicted octanol–water partition coefficient (Wildman–Crippen LogP) is 3.36. The minimum atomic E-state index is 0. The molecule has 1 aromatic heterocycles. The number of nitrogens with one attached hydrogen (secondary N) is 2. The van der Waals surface area contributed by atoms with Crippen LogP contribution in [0.2, 0.25) is 0 Å². The van der Waals surface area contributed by atoms with Gasteiger partial charge in [0.15, 0.2) is 5.11 Å². The van der Waals surface area contributed by atoms with Crippen LogP contribution in [0.1, 0.15) is 5.56 Å². The van der Waals surface area contributed by atoms with Gasteiger partial charge >= 0.3 is 26.8 Å². The van der Waals surface area contributed by atoms with Gasteiger partial charge in [-0.1, -0.05) is 30.3 Å². The molecule has 2 aromatic carbocycles. The molecule has 0 aliphatic heterocycles. The summed E-state index contributed by atoms with van der Waals surface area (Å²) < 4.78 is 5.08. The van der Waals surface area contributed by atoms with Crippen molar-refractivity contribution in [2.75, 3.05) is 12.4 Å². The van der Waals surface area contributed by atoms with Crippen molar-refractivity contribution in [1.82, 2.24) is 10.4 Å². The molecule has 0 atom stereocenters. The van der Waals surface area contributed by atoms with Crippen LogP contribution >= 0.6 is 12.2 Å². The first kappa shape index (κ1) is 26.2. The van der Waals surface area contributed by atoms with Gasteiger partial charge in [-0.2, -0.15) is 5.10 Å². The van der Waals surface area contributed by atoms with Crippen LogP contribution in [0, 0.1) is 0 Å².